The molecule has 0 aromatic carbocycles. The van der Waals surface area contributed by atoms with Gasteiger partial charge in [-0.1, -0.05) is 36.8 Å². The van der Waals surface area contributed by atoms with E-state index in [1.165, 1.54) is 37.7 Å². The molecule has 2 heteroatoms. The molecule has 1 heterocycles. The normalized spacial score (nSPS) is 46.4. The molecule has 2 saturated carbocycles. The molecule has 0 aromatic heterocycles. The van der Waals surface area contributed by atoms with E-state index in [0.29, 0.717) is 29.5 Å². The summed E-state index contributed by atoms with van der Waals surface area (Å²) in [7, 11) is 0. The van der Waals surface area contributed by atoms with E-state index in [2.05, 4.69) is 31.2 Å². The second-order valence-corrected chi connectivity index (χ2v) is 8.61. The zero-order chi connectivity index (χ0) is 16.4. The minimum atomic E-state index is 0.0163. The van der Waals surface area contributed by atoms with Gasteiger partial charge in [-0.2, -0.15) is 0 Å². The van der Waals surface area contributed by atoms with Crippen LogP contribution in [0.2, 0.25) is 0 Å². The molecule has 24 heavy (non-hydrogen) atoms. The van der Waals surface area contributed by atoms with Gasteiger partial charge in [-0.3, -0.25) is 4.79 Å². The molecular weight excluding hydrogens is 296 g/mol. The Hall–Kier alpha value is -1.15. The third-order valence-electron chi connectivity index (χ3n) is 8.11. The number of rotatable bonds is 1. The van der Waals surface area contributed by atoms with Gasteiger partial charge in [0.2, 0.25) is 0 Å². The quantitative estimate of drug-likeness (QED) is 0.650. The van der Waals surface area contributed by atoms with Gasteiger partial charge in [-0.25, -0.2) is 0 Å². The number of ether oxygens (including phenoxy) is 1. The van der Waals surface area contributed by atoms with E-state index in [1.807, 2.05) is 0 Å². The van der Waals surface area contributed by atoms with Crippen molar-refractivity contribution in [1.82, 2.24) is 0 Å². The summed E-state index contributed by atoms with van der Waals surface area (Å²) in [4.78, 5) is 11.8. The van der Waals surface area contributed by atoms with Gasteiger partial charge in [0.15, 0.2) is 0 Å². The highest BCUT2D eigenvalue weighted by atomic mass is 16.5. The maximum absolute atomic E-state index is 11.8. The third-order valence-corrected chi connectivity index (χ3v) is 8.11. The summed E-state index contributed by atoms with van der Waals surface area (Å²) < 4.78 is 6.37. The molecule has 0 unspecified atom stereocenters. The zero-order valence-electron chi connectivity index (χ0n) is 14.7. The summed E-state index contributed by atoms with van der Waals surface area (Å²) in [5.41, 5.74) is 3.34. The third kappa shape index (κ3) is 1.78. The van der Waals surface area contributed by atoms with E-state index in [4.69, 9.17) is 4.74 Å². The molecule has 1 spiro atoms. The maximum Gasteiger partial charge on any atom is 0.137 e. The molecule has 0 aromatic rings. The van der Waals surface area contributed by atoms with Crippen LogP contribution >= 0.6 is 0 Å². The molecule has 0 saturated heterocycles. The molecule has 1 aliphatic heterocycles. The van der Waals surface area contributed by atoms with Crippen molar-refractivity contribution in [2.45, 2.75) is 63.9 Å². The fourth-order valence-corrected chi connectivity index (χ4v) is 7.08. The van der Waals surface area contributed by atoms with E-state index in [1.54, 1.807) is 5.57 Å². The molecule has 0 amide bonds. The Morgan fingerprint density at radius 1 is 1.25 bits per heavy atom. The van der Waals surface area contributed by atoms with Gasteiger partial charge in [-0.05, 0) is 61.9 Å². The van der Waals surface area contributed by atoms with Crippen LogP contribution in [-0.2, 0) is 9.53 Å². The molecule has 0 N–H and O–H groups in total. The molecule has 128 valence electrons. The first-order valence-electron chi connectivity index (χ1n) is 9.93. The van der Waals surface area contributed by atoms with Crippen LogP contribution in [0.15, 0.2) is 35.5 Å². The number of hydrogen-bond donors (Lipinski definition) is 0. The molecule has 5 rings (SSSR count). The first-order chi connectivity index (χ1) is 11.7. The first-order valence-corrected chi connectivity index (χ1v) is 9.93. The zero-order valence-corrected chi connectivity index (χ0v) is 14.7. The molecule has 2 nitrogen and oxygen atoms in total. The molecule has 0 radical (unpaired) electrons. The highest BCUT2D eigenvalue weighted by Gasteiger charge is 2.63. The summed E-state index contributed by atoms with van der Waals surface area (Å²) in [6.07, 6.45) is 18.2. The Kier molecular flexibility index (Phi) is 3.26. The Balaban J connectivity index is 1.52. The summed E-state index contributed by atoms with van der Waals surface area (Å²) in [5.74, 6) is 2.54. The van der Waals surface area contributed by atoms with Crippen molar-refractivity contribution in [3.05, 3.63) is 35.5 Å². The van der Waals surface area contributed by atoms with Gasteiger partial charge in [0.05, 0.1) is 12.2 Å². The highest BCUT2D eigenvalue weighted by Crippen LogP contribution is 2.66. The lowest BCUT2D eigenvalue weighted by molar-refractivity contribution is -0.119. The van der Waals surface area contributed by atoms with Gasteiger partial charge in [-0.15, -0.1) is 0 Å². The van der Waals surface area contributed by atoms with Crippen molar-refractivity contribution in [3.8, 4) is 0 Å². The van der Waals surface area contributed by atoms with Gasteiger partial charge in [0.1, 0.15) is 5.78 Å². The lowest BCUT2D eigenvalue weighted by Gasteiger charge is -2.54. The smallest absolute Gasteiger partial charge is 0.137 e. The van der Waals surface area contributed by atoms with Crippen LogP contribution < -0.4 is 0 Å². The minimum absolute atomic E-state index is 0.0163. The fraction of sp³-hybridized carbons (Fsp3) is 0.682. The summed E-state index contributed by atoms with van der Waals surface area (Å²) >= 11 is 0. The van der Waals surface area contributed by atoms with Gasteiger partial charge < -0.3 is 4.74 Å². The Morgan fingerprint density at radius 3 is 2.96 bits per heavy atom. The van der Waals surface area contributed by atoms with Crippen molar-refractivity contribution >= 4 is 5.78 Å². The average molecular weight is 324 g/mol. The number of carbonyl (C=O) groups excluding carboxylic acids is 1. The van der Waals surface area contributed by atoms with Crippen LogP contribution in [0.3, 0.4) is 0 Å². The van der Waals surface area contributed by atoms with Crippen molar-refractivity contribution in [2.75, 3.05) is 6.61 Å². The van der Waals surface area contributed by atoms with Crippen LogP contribution in [0.1, 0.15) is 58.3 Å². The van der Waals surface area contributed by atoms with Crippen LogP contribution in [0.25, 0.3) is 0 Å². The molecule has 5 atom stereocenters. The van der Waals surface area contributed by atoms with Crippen molar-refractivity contribution < 1.29 is 9.53 Å². The second kappa shape index (κ2) is 5.17. The van der Waals surface area contributed by atoms with Gasteiger partial charge in [0, 0.05) is 18.3 Å². The monoisotopic (exact) mass is 324 g/mol. The number of Topliss-reactive ketones (excluding diaryl/α,β-unsaturated/α-hetero) is 1. The highest BCUT2D eigenvalue weighted by molar-refractivity contribution is 5.83. The number of ketones is 1. The van der Waals surface area contributed by atoms with Crippen LogP contribution in [0, 0.1) is 23.2 Å². The maximum atomic E-state index is 11.8. The Bertz CT molecular complexity index is 669. The predicted molar refractivity (Wildman–Crippen MR) is 94.5 cm³/mol. The Labute approximate surface area is 145 Å². The predicted octanol–water partition coefficient (Wildman–Crippen LogP) is 4.76. The first kappa shape index (κ1) is 15.1. The lowest BCUT2D eigenvalue weighted by atomic mass is 9.52. The molecule has 5 aliphatic rings. The molecule has 0 bridgehead atoms. The average Bonchev–Trinajstić information content (AvgIpc) is 3.21. The van der Waals surface area contributed by atoms with Crippen molar-refractivity contribution in [1.29, 1.82) is 0 Å². The number of fused-ring (bicyclic) bond motifs is 5. The number of hydrogen-bond acceptors (Lipinski definition) is 2. The van der Waals surface area contributed by atoms with Crippen LogP contribution in [0.5, 0.6) is 0 Å². The topological polar surface area (TPSA) is 26.3 Å². The van der Waals surface area contributed by atoms with Crippen molar-refractivity contribution in [3.63, 3.8) is 0 Å². The van der Waals surface area contributed by atoms with E-state index in [9.17, 15) is 4.79 Å². The number of allylic oxidation sites excluding steroid dienone is 4. The SMILES string of the molecule is CC[C@]12CC[C@@H]3C4=C(C=C[C@H]3[C@@H]1CC[C@@]21C=CCO1)CC(=O)CC4. The standard InChI is InChI=1S/C22H28O2/c1-2-21-11-8-18-17-7-5-16(23)14-15(17)4-6-19(18)20(21)9-12-22(21)10-3-13-24-22/h3-4,6,10,18-20H,2,5,7-9,11-14H2,1H3/t18-,19-,20+,21+,22+/m1/s1. The largest absolute Gasteiger partial charge is 0.366 e. The Morgan fingerprint density at radius 2 is 2.17 bits per heavy atom. The summed E-state index contributed by atoms with van der Waals surface area (Å²) in [6.45, 7) is 3.18. The molecule has 2 fully saturated rings. The lowest BCUT2D eigenvalue weighted by Crippen LogP contribution is -2.51. The van der Waals surface area contributed by atoms with Crippen molar-refractivity contribution in [2.24, 2.45) is 23.2 Å². The summed E-state index contributed by atoms with van der Waals surface area (Å²) in [5, 5.41) is 0. The van der Waals surface area contributed by atoms with E-state index in [0.717, 1.165) is 25.4 Å². The van der Waals surface area contributed by atoms with Gasteiger partial charge >= 0.3 is 0 Å². The molecule has 4 aliphatic carbocycles. The van der Waals surface area contributed by atoms with E-state index in [-0.39, 0.29) is 5.60 Å². The second-order valence-electron chi connectivity index (χ2n) is 8.61. The van der Waals surface area contributed by atoms with Gasteiger partial charge in [0.25, 0.3) is 0 Å². The van der Waals surface area contributed by atoms with Crippen LogP contribution in [0.4, 0.5) is 0 Å². The van der Waals surface area contributed by atoms with Crippen LogP contribution in [-0.4, -0.2) is 18.0 Å². The fourth-order valence-electron chi connectivity index (χ4n) is 7.08. The number of carbonyl (C=O) groups is 1. The minimum Gasteiger partial charge on any atom is -0.366 e. The molecular formula is C22H28O2. The summed E-state index contributed by atoms with van der Waals surface area (Å²) in [6, 6.07) is 0. The van der Waals surface area contributed by atoms with E-state index >= 15 is 0 Å². The van der Waals surface area contributed by atoms with E-state index < -0.39 is 0 Å².